The maximum Gasteiger partial charge on any atom is 0.257 e. The summed E-state index contributed by atoms with van der Waals surface area (Å²) in [5.74, 6) is -0.164. The molecule has 0 fully saturated rings. The Morgan fingerprint density at radius 3 is 2.59 bits per heavy atom. The molecule has 0 aliphatic carbocycles. The van der Waals surface area contributed by atoms with Gasteiger partial charge in [-0.1, -0.05) is 0 Å². The van der Waals surface area contributed by atoms with Gasteiger partial charge in [0.1, 0.15) is 4.60 Å². The number of pyridine rings is 1. The molecule has 0 radical (unpaired) electrons. The maximum atomic E-state index is 11.9. The third kappa shape index (κ3) is 3.37. The molecular formula is C10H5Br3N2OS. The van der Waals surface area contributed by atoms with Gasteiger partial charge in [-0.2, -0.15) is 0 Å². The van der Waals surface area contributed by atoms with Crippen molar-refractivity contribution in [3.63, 3.8) is 0 Å². The third-order valence-electron chi connectivity index (χ3n) is 1.89. The van der Waals surface area contributed by atoms with Crippen LogP contribution in [0.15, 0.2) is 36.6 Å². The molecule has 17 heavy (non-hydrogen) atoms. The monoisotopic (exact) mass is 438 g/mol. The molecule has 2 aromatic heterocycles. The number of halogens is 3. The van der Waals surface area contributed by atoms with Crippen LogP contribution >= 0.6 is 59.1 Å². The SMILES string of the molecule is O=C(Nc1ccc(Br)nc1)c1cc(Br)sc1Br. The number of amides is 1. The minimum absolute atomic E-state index is 0.164. The van der Waals surface area contributed by atoms with Crippen LogP contribution in [0.1, 0.15) is 10.4 Å². The molecule has 88 valence electrons. The molecule has 0 saturated heterocycles. The van der Waals surface area contributed by atoms with Crippen molar-refractivity contribution in [2.75, 3.05) is 5.32 Å². The highest BCUT2D eigenvalue weighted by Gasteiger charge is 2.13. The van der Waals surface area contributed by atoms with Gasteiger partial charge in [-0.15, -0.1) is 11.3 Å². The quantitative estimate of drug-likeness (QED) is 0.689. The fourth-order valence-electron chi connectivity index (χ4n) is 1.14. The van der Waals surface area contributed by atoms with Gasteiger partial charge in [0.2, 0.25) is 0 Å². The molecule has 1 amide bonds. The van der Waals surface area contributed by atoms with E-state index in [1.165, 1.54) is 11.3 Å². The van der Waals surface area contributed by atoms with Crippen molar-refractivity contribution in [2.24, 2.45) is 0 Å². The second-order valence-electron chi connectivity index (χ2n) is 3.06. The number of nitrogens with zero attached hydrogens (tertiary/aromatic N) is 1. The van der Waals surface area contributed by atoms with Gasteiger partial charge >= 0.3 is 0 Å². The van der Waals surface area contributed by atoms with E-state index in [1.54, 1.807) is 24.4 Å². The molecule has 2 rings (SSSR count). The summed E-state index contributed by atoms with van der Waals surface area (Å²) in [5, 5.41) is 2.77. The normalized spacial score (nSPS) is 10.3. The number of hydrogen-bond donors (Lipinski definition) is 1. The van der Waals surface area contributed by atoms with Gasteiger partial charge < -0.3 is 5.32 Å². The zero-order valence-electron chi connectivity index (χ0n) is 8.21. The molecule has 0 aromatic carbocycles. The topological polar surface area (TPSA) is 42.0 Å². The van der Waals surface area contributed by atoms with Crippen LogP contribution in [-0.4, -0.2) is 10.9 Å². The summed E-state index contributed by atoms with van der Waals surface area (Å²) in [4.78, 5) is 16.0. The first kappa shape index (κ1) is 13.2. The number of nitrogens with one attached hydrogen (secondary N) is 1. The molecule has 0 saturated carbocycles. The Morgan fingerprint density at radius 1 is 1.29 bits per heavy atom. The van der Waals surface area contributed by atoms with E-state index in [-0.39, 0.29) is 5.91 Å². The van der Waals surface area contributed by atoms with Crippen molar-refractivity contribution >= 4 is 70.7 Å². The van der Waals surface area contributed by atoms with Crippen LogP contribution < -0.4 is 5.32 Å². The van der Waals surface area contributed by atoms with Gasteiger partial charge in [0, 0.05) is 0 Å². The largest absolute Gasteiger partial charge is 0.321 e. The zero-order valence-corrected chi connectivity index (χ0v) is 13.8. The van der Waals surface area contributed by atoms with E-state index in [4.69, 9.17) is 0 Å². The van der Waals surface area contributed by atoms with E-state index >= 15 is 0 Å². The fourth-order valence-corrected chi connectivity index (χ4v) is 4.17. The van der Waals surface area contributed by atoms with Crippen LogP contribution in [0.2, 0.25) is 0 Å². The number of anilines is 1. The lowest BCUT2D eigenvalue weighted by Crippen LogP contribution is -2.11. The Balaban J connectivity index is 2.17. The number of carbonyl (C=O) groups is 1. The lowest BCUT2D eigenvalue weighted by Gasteiger charge is -2.03. The Bertz CT molecular complexity index is 553. The highest BCUT2D eigenvalue weighted by Crippen LogP contribution is 2.32. The molecule has 0 aliphatic rings. The summed E-state index contributed by atoms with van der Waals surface area (Å²) < 4.78 is 2.44. The Hall–Kier alpha value is -0.240. The van der Waals surface area contributed by atoms with E-state index in [0.29, 0.717) is 11.3 Å². The summed E-state index contributed by atoms with van der Waals surface area (Å²) in [6.07, 6.45) is 1.59. The first-order valence-corrected chi connectivity index (χ1v) is 7.63. The lowest BCUT2D eigenvalue weighted by molar-refractivity contribution is 0.102. The van der Waals surface area contributed by atoms with E-state index in [9.17, 15) is 4.79 Å². The summed E-state index contributed by atoms with van der Waals surface area (Å²) in [7, 11) is 0. The molecular weight excluding hydrogens is 436 g/mol. The van der Waals surface area contributed by atoms with E-state index in [0.717, 1.165) is 12.2 Å². The molecule has 0 bridgehead atoms. The molecule has 0 unspecified atom stereocenters. The van der Waals surface area contributed by atoms with Crippen molar-refractivity contribution in [2.45, 2.75) is 0 Å². The predicted molar refractivity (Wildman–Crippen MR) is 79.6 cm³/mol. The van der Waals surface area contributed by atoms with E-state index in [2.05, 4.69) is 58.1 Å². The van der Waals surface area contributed by atoms with Gasteiger partial charge in [0.25, 0.3) is 5.91 Å². The Kier molecular flexibility index (Phi) is 4.35. The first-order chi connectivity index (χ1) is 8.06. The van der Waals surface area contributed by atoms with E-state index in [1.807, 2.05) is 0 Å². The van der Waals surface area contributed by atoms with E-state index < -0.39 is 0 Å². The molecule has 3 nitrogen and oxygen atoms in total. The third-order valence-corrected chi connectivity index (χ3v) is 4.69. The summed E-state index contributed by atoms with van der Waals surface area (Å²) in [6.45, 7) is 0. The van der Waals surface area contributed by atoms with Gasteiger partial charge in [0.05, 0.1) is 25.0 Å². The second kappa shape index (κ2) is 5.60. The molecule has 2 aromatic rings. The molecule has 0 aliphatic heterocycles. The van der Waals surface area contributed by atoms with Crippen LogP contribution in [0.4, 0.5) is 5.69 Å². The zero-order chi connectivity index (χ0) is 12.4. The van der Waals surface area contributed by atoms with Crippen molar-refractivity contribution in [1.29, 1.82) is 0 Å². The van der Waals surface area contributed by atoms with Gasteiger partial charge in [-0.25, -0.2) is 4.98 Å². The van der Waals surface area contributed by atoms with Crippen LogP contribution in [0.3, 0.4) is 0 Å². The smallest absolute Gasteiger partial charge is 0.257 e. The molecule has 2 heterocycles. The number of hydrogen-bond acceptors (Lipinski definition) is 3. The minimum Gasteiger partial charge on any atom is -0.321 e. The van der Waals surface area contributed by atoms with Crippen LogP contribution in [0.5, 0.6) is 0 Å². The van der Waals surface area contributed by atoms with Crippen molar-refractivity contribution < 1.29 is 4.79 Å². The molecule has 7 heteroatoms. The van der Waals surface area contributed by atoms with Crippen molar-refractivity contribution in [1.82, 2.24) is 4.98 Å². The Morgan fingerprint density at radius 2 is 2.06 bits per heavy atom. The lowest BCUT2D eigenvalue weighted by atomic mass is 10.3. The average Bonchev–Trinajstić information content (AvgIpc) is 2.61. The van der Waals surface area contributed by atoms with Gasteiger partial charge in [-0.3, -0.25) is 4.79 Å². The highest BCUT2D eigenvalue weighted by molar-refractivity contribution is 9.12. The summed E-state index contributed by atoms with van der Waals surface area (Å²) >= 11 is 11.4. The van der Waals surface area contributed by atoms with Gasteiger partial charge in [-0.05, 0) is 66.0 Å². The number of thiophene rings is 1. The van der Waals surface area contributed by atoms with Crippen LogP contribution in [0.25, 0.3) is 0 Å². The van der Waals surface area contributed by atoms with Gasteiger partial charge in [0.15, 0.2) is 0 Å². The standard InChI is InChI=1S/C10H5Br3N2OS/c11-7-2-1-5(4-14-7)15-10(16)6-3-8(12)17-9(6)13/h1-4H,(H,15,16). The van der Waals surface area contributed by atoms with Crippen molar-refractivity contribution in [3.05, 3.63) is 42.1 Å². The number of aromatic nitrogens is 1. The molecule has 0 spiro atoms. The summed E-state index contributed by atoms with van der Waals surface area (Å²) in [6, 6.07) is 5.33. The first-order valence-electron chi connectivity index (χ1n) is 4.44. The number of rotatable bonds is 2. The highest BCUT2D eigenvalue weighted by atomic mass is 79.9. The fraction of sp³-hybridized carbons (Fsp3) is 0. The minimum atomic E-state index is -0.164. The Labute approximate surface area is 127 Å². The predicted octanol–water partition coefficient (Wildman–Crippen LogP) is 4.68. The van der Waals surface area contributed by atoms with Crippen LogP contribution in [-0.2, 0) is 0 Å². The molecule has 0 atom stereocenters. The molecule has 1 N–H and O–H groups in total. The maximum absolute atomic E-state index is 11.9. The second-order valence-corrected chi connectivity index (χ2v) is 7.62. The van der Waals surface area contributed by atoms with Crippen molar-refractivity contribution in [3.8, 4) is 0 Å². The summed E-state index contributed by atoms with van der Waals surface area (Å²) in [5.41, 5.74) is 1.26. The average molecular weight is 441 g/mol. The number of carbonyl (C=O) groups excluding carboxylic acids is 1. The van der Waals surface area contributed by atoms with Crippen LogP contribution in [0, 0.1) is 0 Å².